The summed E-state index contributed by atoms with van der Waals surface area (Å²) in [5.41, 5.74) is 1.07. The fourth-order valence-corrected chi connectivity index (χ4v) is 4.17. The van der Waals surface area contributed by atoms with E-state index in [4.69, 9.17) is 8.83 Å². The smallest absolute Gasteiger partial charge is 0.275 e. The van der Waals surface area contributed by atoms with Crippen LogP contribution in [0.5, 0.6) is 0 Å². The molecule has 1 aromatic carbocycles. The van der Waals surface area contributed by atoms with Gasteiger partial charge in [0.25, 0.3) is 5.91 Å². The summed E-state index contributed by atoms with van der Waals surface area (Å²) in [6, 6.07) is 21.5. The lowest BCUT2D eigenvalue weighted by atomic mass is 10.1. The summed E-state index contributed by atoms with van der Waals surface area (Å²) < 4.78 is 11.0. The summed E-state index contributed by atoms with van der Waals surface area (Å²) in [6.07, 6.45) is 3.31. The summed E-state index contributed by atoms with van der Waals surface area (Å²) >= 11 is 1.64. The average Bonchev–Trinajstić information content (AvgIpc) is 3.50. The van der Waals surface area contributed by atoms with Gasteiger partial charge in [-0.25, -0.2) is 0 Å². The van der Waals surface area contributed by atoms with Crippen LogP contribution in [0.25, 0.3) is 0 Å². The van der Waals surface area contributed by atoms with Crippen molar-refractivity contribution in [2.75, 3.05) is 6.54 Å². The van der Waals surface area contributed by atoms with Gasteiger partial charge in [0, 0.05) is 4.88 Å². The van der Waals surface area contributed by atoms with Crippen molar-refractivity contribution in [1.82, 2.24) is 5.32 Å². The zero-order chi connectivity index (χ0) is 19.9. The zero-order valence-electron chi connectivity index (χ0n) is 15.9. The quantitative estimate of drug-likeness (QED) is 0.447. The van der Waals surface area contributed by atoms with E-state index >= 15 is 0 Å². The van der Waals surface area contributed by atoms with Crippen LogP contribution in [0.3, 0.4) is 0 Å². The van der Waals surface area contributed by atoms with Gasteiger partial charge in [-0.1, -0.05) is 36.4 Å². The Morgan fingerprint density at radius 2 is 1.59 bits per heavy atom. The first kappa shape index (κ1) is 19.2. The number of quaternary nitrogens is 1. The van der Waals surface area contributed by atoms with Gasteiger partial charge in [0.2, 0.25) is 0 Å². The normalized spacial score (nSPS) is 12.2. The Kier molecular flexibility index (Phi) is 6.24. The Morgan fingerprint density at radius 1 is 0.897 bits per heavy atom. The predicted octanol–water partition coefficient (Wildman–Crippen LogP) is 3.43. The van der Waals surface area contributed by atoms with E-state index in [1.54, 1.807) is 23.9 Å². The summed E-state index contributed by atoms with van der Waals surface area (Å²) in [5.74, 6) is 1.68. The molecule has 0 bridgehead atoms. The topological polar surface area (TPSA) is 59.8 Å². The van der Waals surface area contributed by atoms with E-state index in [9.17, 15) is 4.79 Å². The molecule has 3 heterocycles. The van der Waals surface area contributed by atoms with Gasteiger partial charge in [-0.05, 0) is 41.3 Å². The van der Waals surface area contributed by atoms with Crippen molar-refractivity contribution in [3.63, 3.8) is 0 Å². The van der Waals surface area contributed by atoms with E-state index in [0.717, 1.165) is 26.9 Å². The Balaban J connectivity index is 1.48. The van der Waals surface area contributed by atoms with Crippen LogP contribution in [-0.4, -0.2) is 12.5 Å². The summed E-state index contributed by atoms with van der Waals surface area (Å²) in [4.78, 5) is 15.2. The molecule has 0 fully saturated rings. The first-order chi connectivity index (χ1) is 14.3. The molecule has 3 aromatic heterocycles. The Bertz CT molecular complexity index is 944. The maximum Gasteiger partial charge on any atom is 0.275 e. The molecule has 4 rings (SSSR count). The van der Waals surface area contributed by atoms with Crippen LogP contribution in [-0.2, 0) is 17.9 Å². The van der Waals surface area contributed by atoms with Crippen molar-refractivity contribution in [1.29, 1.82) is 0 Å². The van der Waals surface area contributed by atoms with Gasteiger partial charge in [0.15, 0.2) is 18.1 Å². The predicted molar refractivity (Wildman–Crippen MR) is 111 cm³/mol. The minimum atomic E-state index is -0.155. The number of rotatable bonds is 9. The molecule has 0 aliphatic heterocycles. The first-order valence-corrected chi connectivity index (χ1v) is 10.4. The molecule has 1 atom stereocenters. The van der Waals surface area contributed by atoms with Crippen molar-refractivity contribution in [2.24, 2.45) is 0 Å². The third-order valence-electron chi connectivity index (χ3n) is 4.69. The number of nitrogens with one attached hydrogen (secondary N) is 2. The number of amides is 1. The van der Waals surface area contributed by atoms with E-state index in [0.29, 0.717) is 19.6 Å². The van der Waals surface area contributed by atoms with E-state index in [1.807, 2.05) is 66.0 Å². The Morgan fingerprint density at radius 3 is 2.14 bits per heavy atom. The average molecular weight is 408 g/mol. The number of hydrogen-bond donors (Lipinski definition) is 2. The van der Waals surface area contributed by atoms with Gasteiger partial charge in [0.05, 0.1) is 18.6 Å². The van der Waals surface area contributed by atoms with Crippen LogP contribution in [0.2, 0.25) is 0 Å². The molecular weight excluding hydrogens is 384 g/mol. The lowest BCUT2D eigenvalue weighted by Gasteiger charge is -2.21. The molecule has 1 amide bonds. The number of thiophene rings is 1. The van der Waals surface area contributed by atoms with Crippen molar-refractivity contribution in [3.8, 4) is 0 Å². The van der Waals surface area contributed by atoms with Crippen LogP contribution in [0, 0.1) is 0 Å². The van der Waals surface area contributed by atoms with Crippen molar-refractivity contribution in [3.05, 3.63) is 107 Å². The second kappa shape index (κ2) is 9.41. The summed E-state index contributed by atoms with van der Waals surface area (Å²) in [5, 5.41) is 5.25. The van der Waals surface area contributed by atoms with Crippen molar-refractivity contribution in [2.45, 2.75) is 19.1 Å². The molecule has 5 nitrogen and oxygen atoms in total. The van der Waals surface area contributed by atoms with Gasteiger partial charge >= 0.3 is 0 Å². The number of carbonyl (C=O) groups excluding carboxylic acids is 1. The summed E-state index contributed by atoms with van der Waals surface area (Å²) in [7, 11) is 0. The standard InChI is InChI=1S/C23H22N2O3S/c26-22(24-23(21-11-6-14-29-21)18-7-2-1-3-8-18)17-25(15-19-9-4-12-27-19)16-20-10-5-13-28-20/h1-14,23H,15-17H2,(H,24,26)/p+1/t23-/m1/s1. The van der Waals surface area contributed by atoms with Crippen molar-refractivity contribution < 1.29 is 18.5 Å². The fraction of sp³-hybridized carbons (Fsp3) is 0.174. The highest BCUT2D eigenvalue weighted by atomic mass is 32.1. The van der Waals surface area contributed by atoms with E-state index in [1.165, 1.54) is 0 Å². The summed E-state index contributed by atoms with van der Waals surface area (Å²) in [6.45, 7) is 1.53. The number of carbonyl (C=O) groups is 1. The molecule has 0 unspecified atom stereocenters. The van der Waals surface area contributed by atoms with Crippen LogP contribution < -0.4 is 10.2 Å². The highest BCUT2D eigenvalue weighted by molar-refractivity contribution is 7.10. The maximum atomic E-state index is 13.0. The first-order valence-electron chi connectivity index (χ1n) is 9.54. The Hall–Kier alpha value is -3.09. The molecular formula is C23H23N2O3S+. The number of benzene rings is 1. The van der Waals surface area contributed by atoms with Crippen LogP contribution in [0.15, 0.2) is 93.5 Å². The molecule has 0 radical (unpaired) electrons. The zero-order valence-corrected chi connectivity index (χ0v) is 16.7. The molecule has 6 heteroatoms. The van der Waals surface area contributed by atoms with E-state index in [-0.39, 0.29) is 11.9 Å². The maximum absolute atomic E-state index is 13.0. The fourth-order valence-electron chi connectivity index (χ4n) is 3.37. The van der Waals surface area contributed by atoms with Crippen LogP contribution in [0.4, 0.5) is 0 Å². The van der Waals surface area contributed by atoms with Gasteiger partial charge in [0.1, 0.15) is 13.1 Å². The van der Waals surface area contributed by atoms with E-state index < -0.39 is 0 Å². The Labute approximate surface area is 173 Å². The highest BCUT2D eigenvalue weighted by Crippen LogP contribution is 2.25. The lowest BCUT2D eigenvalue weighted by Crippen LogP contribution is -3.10. The second-order valence-corrected chi connectivity index (χ2v) is 7.84. The molecule has 4 aromatic rings. The van der Waals surface area contributed by atoms with Crippen LogP contribution >= 0.6 is 11.3 Å². The molecule has 0 aliphatic rings. The van der Waals surface area contributed by atoms with Crippen molar-refractivity contribution >= 4 is 17.2 Å². The molecule has 148 valence electrons. The highest BCUT2D eigenvalue weighted by Gasteiger charge is 2.22. The molecule has 29 heavy (non-hydrogen) atoms. The molecule has 2 N–H and O–H groups in total. The van der Waals surface area contributed by atoms with Gasteiger partial charge in [-0.2, -0.15) is 0 Å². The number of furan rings is 2. The molecule has 0 saturated carbocycles. The molecule has 0 spiro atoms. The van der Waals surface area contributed by atoms with Gasteiger partial charge in [-0.15, -0.1) is 11.3 Å². The second-order valence-electron chi connectivity index (χ2n) is 6.87. The monoisotopic (exact) mass is 407 g/mol. The third kappa shape index (κ3) is 5.25. The van der Waals surface area contributed by atoms with Gasteiger partial charge < -0.3 is 19.1 Å². The molecule has 0 aliphatic carbocycles. The van der Waals surface area contributed by atoms with E-state index in [2.05, 4.69) is 11.4 Å². The minimum absolute atomic E-state index is 0.0136. The largest absolute Gasteiger partial charge is 0.463 e. The SMILES string of the molecule is O=C(C[NH+](Cc1ccco1)Cc1ccco1)N[C@H](c1ccccc1)c1cccs1. The molecule has 0 saturated heterocycles. The minimum Gasteiger partial charge on any atom is -0.463 e. The van der Waals surface area contributed by atoms with Gasteiger partial charge in [-0.3, -0.25) is 4.79 Å². The lowest BCUT2D eigenvalue weighted by molar-refractivity contribution is -0.921. The van der Waals surface area contributed by atoms with Crippen LogP contribution in [0.1, 0.15) is 28.0 Å². The number of hydrogen-bond acceptors (Lipinski definition) is 4. The third-order valence-corrected chi connectivity index (χ3v) is 5.62.